The van der Waals surface area contributed by atoms with Crippen molar-refractivity contribution in [3.8, 4) is 0 Å². The molecule has 1 aliphatic rings. The average molecular weight is 570 g/mol. The zero-order valence-electron chi connectivity index (χ0n) is 22.9. The number of fused-ring (bicyclic) bond motifs is 1. The molecule has 210 valence electrons. The zero-order valence-corrected chi connectivity index (χ0v) is 23.8. The molecule has 8 nitrogen and oxygen atoms in total. The second-order valence-corrected chi connectivity index (χ2v) is 11.6. The van der Waals surface area contributed by atoms with Crippen molar-refractivity contribution in [2.75, 3.05) is 19.7 Å². The third-order valence-corrected chi connectivity index (χ3v) is 9.22. The summed E-state index contributed by atoms with van der Waals surface area (Å²) in [5.41, 5.74) is 2.65. The summed E-state index contributed by atoms with van der Waals surface area (Å²) < 4.78 is 32.5. The van der Waals surface area contributed by atoms with Gasteiger partial charge in [-0.25, -0.2) is 18.2 Å². The second-order valence-electron chi connectivity index (χ2n) is 9.67. The number of esters is 1. The highest BCUT2D eigenvalue weighted by molar-refractivity contribution is 7.89. The van der Waals surface area contributed by atoms with E-state index in [1.54, 1.807) is 13.8 Å². The lowest BCUT2D eigenvalue weighted by Crippen LogP contribution is -2.31. The van der Waals surface area contributed by atoms with Gasteiger partial charge in [-0.05, 0) is 46.2 Å². The van der Waals surface area contributed by atoms with Crippen molar-refractivity contribution >= 4 is 38.4 Å². The molecule has 0 aromatic heterocycles. The highest BCUT2D eigenvalue weighted by Gasteiger charge is 2.33. The molecule has 0 fully saturated rings. The van der Waals surface area contributed by atoms with Crippen molar-refractivity contribution in [1.82, 2.24) is 9.31 Å². The number of nitrogens with zero attached hydrogens (tertiary/aromatic N) is 3. The van der Waals surface area contributed by atoms with E-state index in [-0.39, 0.29) is 16.5 Å². The number of hydrogen-bond donors (Lipinski definition) is 0. The van der Waals surface area contributed by atoms with Crippen LogP contribution in [-0.4, -0.2) is 55.0 Å². The Labute approximate surface area is 239 Å². The van der Waals surface area contributed by atoms with Crippen LogP contribution < -0.4 is 0 Å². The fourth-order valence-corrected chi connectivity index (χ4v) is 6.50. The van der Waals surface area contributed by atoms with Gasteiger partial charge in [0.25, 0.3) is 5.91 Å². The molecule has 1 heterocycles. The minimum atomic E-state index is -3.75. The minimum absolute atomic E-state index is 0.00436. The Morgan fingerprint density at radius 3 is 2.32 bits per heavy atom. The molecule has 41 heavy (non-hydrogen) atoms. The molecule has 4 aromatic rings. The van der Waals surface area contributed by atoms with Gasteiger partial charge in [-0.3, -0.25) is 4.79 Å². The quantitative estimate of drug-likeness (QED) is 0.251. The summed E-state index contributed by atoms with van der Waals surface area (Å²) in [5.74, 6) is -1.26. The Kier molecular flexibility index (Phi) is 8.28. The predicted octanol–water partition coefficient (Wildman–Crippen LogP) is 5.41. The average Bonchev–Trinajstić information content (AvgIpc) is 3.46. The normalized spacial score (nSPS) is 15.2. The Morgan fingerprint density at radius 1 is 0.878 bits per heavy atom. The molecule has 9 heteroatoms. The second kappa shape index (κ2) is 12.0. The van der Waals surface area contributed by atoms with E-state index >= 15 is 0 Å². The Balaban J connectivity index is 1.36. The first-order chi connectivity index (χ1) is 19.8. The number of hydrazone groups is 1. The van der Waals surface area contributed by atoms with Crippen LogP contribution in [0.3, 0.4) is 0 Å². The van der Waals surface area contributed by atoms with Gasteiger partial charge >= 0.3 is 5.97 Å². The van der Waals surface area contributed by atoms with E-state index in [1.807, 2.05) is 66.7 Å². The third-order valence-electron chi connectivity index (χ3n) is 7.17. The summed E-state index contributed by atoms with van der Waals surface area (Å²) in [4.78, 5) is 26.3. The molecule has 0 N–H and O–H groups in total. The standard InChI is InChI=1S/C32H31N3O5S/c1-3-34(4-2)41(38,39)28-16-10-15-27(20-28)32(37)40-22-31(36)35-30(24-12-6-5-7-13-24)21-29(33-35)26-18-17-23-11-8-9-14-25(23)19-26/h5-20,30H,3-4,21-22H2,1-2H3. The van der Waals surface area contributed by atoms with Crippen molar-refractivity contribution < 1.29 is 22.7 Å². The molecule has 0 saturated heterocycles. The molecule has 0 radical (unpaired) electrons. The maximum Gasteiger partial charge on any atom is 0.338 e. The third kappa shape index (κ3) is 5.91. The molecule has 0 bridgehead atoms. The number of amides is 1. The lowest BCUT2D eigenvalue weighted by atomic mass is 9.97. The van der Waals surface area contributed by atoms with Gasteiger partial charge in [-0.15, -0.1) is 0 Å². The number of carbonyl (C=O) groups is 2. The van der Waals surface area contributed by atoms with Gasteiger partial charge in [0, 0.05) is 19.5 Å². The summed E-state index contributed by atoms with van der Waals surface area (Å²) in [6, 6.07) is 29.1. The summed E-state index contributed by atoms with van der Waals surface area (Å²) >= 11 is 0. The van der Waals surface area contributed by atoms with Crippen molar-refractivity contribution in [2.45, 2.75) is 31.2 Å². The van der Waals surface area contributed by atoms with E-state index in [2.05, 4.69) is 11.2 Å². The molecule has 5 rings (SSSR count). The Hall–Kier alpha value is -4.34. The van der Waals surface area contributed by atoms with E-state index in [0.717, 1.165) is 27.6 Å². The number of rotatable bonds is 9. The number of sulfonamides is 1. The van der Waals surface area contributed by atoms with Crippen LogP contribution in [0.1, 0.15) is 47.8 Å². The van der Waals surface area contributed by atoms with Crippen LogP contribution in [0.4, 0.5) is 0 Å². The molecule has 0 aliphatic carbocycles. The fraction of sp³-hybridized carbons (Fsp3) is 0.219. The summed E-state index contributed by atoms with van der Waals surface area (Å²) in [6.07, 6.45) is 0.507. The van der Waals surface area contributed by atoms with Gasteiger partial charge in [0.2, 0.25) is 10.0 Å². The number of carbonyl (C=O) groups excluding carboxylic acids is 2. The maximum atomic E-state index is 13.4. The van der Waals surface area contributed by atoms with Gasteiger partial charge < -0.3 is 4.74 Å². The fourth-order valence-electron chi connectivity index (χ4n) is 4.99. The smallest absolute Gasteiger partial charge is 0.338 e. The van der Waals surface area contributed by atoms with Gasteiger partial charge in [0.15, 0.2) is 6.61 Å². The largest absolute Gasteiger partial charge is 0.452 e. The first-order valence-electron chi connectivity index (χ1n) is 13.5. The van der Waals surface area contributed by atoms with Crippen molar-refractivity contribution in [2.24, 2.45) is 5.10 Å². The van der Waals surface area contributed by atoms with Gasteiger partial charge in [-0.2, -0.15) is 9.41 Å². The molecule has 1 amide bonds. The van der Waals surface area contributed by atoms with Crippen LogP contribution in [-0.2, 0) is 19.6 Å². The van der Waals surface area contributed by atoms with Crippen molar-refractivity contribution in [3.63, 3.8) is 0 Å². The monoisotopic (exact) mass is 569 g/mol. The Bertz CT molecular complexity index is 1720. The van der Waals surface area contributed by atoms with Crippen molar-refractivity contribution in [3.05, 3.63) is 114 Å². The predicted molar refractivity (Wildman–Crippen MR) is 158 cm³/mol. The van der Waals surface area contributed by atoms with Gasteiger partial charge in [0.05, 0.1) is 22.2 Å². The van der Waals surface area contributed by atoms with E-state index in [4.69, 9.17) is 4.74 Å². The van der Waals surface area contributed by atoms with Crippen LogP contribution in [0.15, 0.2) is 107 Å². The van der Waals surface area contributed by atoms with Crippen LogP contribution in [0.25, 0.3) is 10.8 Å². The first-order valence-corrected chi connectivity index (χ1v) is 15.0. The highest BCUT2D eigenvalue weighted by atomic mass is 32.2. The molecule has 0 spiro atoms. The lowest BCUT2D eigenvalue weighted by Gasteiger charge is -2.22. The molecule has 4 aromatic carbocycles. The summed E-state index contributed by atoms with van der Waals surface area (Å²) in [7, 11) is -3.75. The minimum Gasteiger partial charge on any atom is -0.452 e. The summed E-state index contributed by atoms with van der Waals surface area (Å²) in [6.45, 7) is 3.58. The topological polar surface area (TPSA) is 96.3 Å². The van der Waals surface area contributed by atoms with Crippen molar-refractivity contribution in [1.29, 1.82) is 0 Å². The molecular formula is C32H31N3O5S. The summed E-state index contributed by atoms with van der Waals surface area (Å²) in [5, 5.41) is 8.26. The highest BCUT2D eigenvalue weighted by Crippen LogP contribution is 2.33. The van der Waals surface area contributed by atoms with Gasteiger partial charge in [0.1, 0.15) is 0 Å². The lowest BCUT2D eigenvalue weighted by molar-refractivity contribution is -0.136. The van der Waals surface area contributed by atoms with E-state index < -0.39 is 28.5 Å². The SMILES string of the molecule is CCN(CC)S(=O)(=O)c1cccc(C(=O)OCC(=O)N2N=C(c3ccc4ccccc4c3)CC2c2ccccc2)c1. The van der Waals surface area contributed by atoms with Crippen LogP contribution in [0.2, 0.25) is 0 Å². The number of benzene rings is 4. The van der Waals surface area contributed by atoms with E-state index in [1.165, 1.54) is 33.6 Å². The van der Waals surface area contributed by atoms with Crippen LogP contribution >= 0.6 is 0 Å². The molecular weight excluding hydrogens is 538 g/mol. The van der Waals surface area contributed by atoms with E-state index in [9.17, 15) is 18.0 Å². The van der Waals surface area contributed by atoms with E-state index in [0.29, 0.717) is 19.5 Å². The van der Waals surface area contributed by atoms with Gasteiger partial charge in [-0.1, -0.05) is 86.6 Å². The first kappa shape index (κ1) is 28.2. The van der Waals surface area contributed by atoms with Crippen LogP contribution in [0.5, 0.6) is 0 Å². The molecule has 0 saturated carbocycles. The number of hydrogen-bond acceptors (Lipinski definition) is 6. The molecule has 1 unspecified atom stereocenters. The molecule has 1 aliphatic heterocycles. The zero-order chi connectivity index (χ0) is 29.0. The number of ether oxygens (including phenoxy) is 1. The maximum absolute atomic E-state index is 13.4. The molecule has 1 atom stereocenters. The van der Waals surface area contributed by atoms with Crippen LogP contribution in [0, 0.1) is 0 Å². The Morgan fingerprint density at radius 2 is 1.59 bits per heavy atom.